The van der Waals surface area contributed by atoms with E-state index in [9.17, 15) is 9.18 Å². The van der Waals surface area contributed by atoms with Crippen LogP contribution in [0.3, 0.4) is 0 Å². The van der Waals surface area contributed by atoms with Crippen molar-refractivity contribution >= 4 is 5.78 Å². The van der Waals surface area contributed by atoms with Crippen molar-refractivity contribution in [2.24, 2.45) is 34.5 Å². The molecule has 0 aromatic heterocycles. The van der Waals surface area contributed by atoms with Crippen LogP contribution in [0.5, 0.6) is 5.75 Å². The molecule has 0 heterocycles. The topological polar surface area (TPSA) is 47.6 Å². The molecule has 4 unspecified atom stereocenters. The molecule has 4 aliphatic rings. The van der Waals surface area contributed by atoms with Crippen LogP contribution in [0.1, 0.15) is 103 Å². The highest BCUT2D eigenvalue weighted by atomic mass is 19.1. The van der Waals surface area contributed by atoms with Crippen LogP contribution in [0.2, 0.25) is 0 Å². The maximum Gasteiger partial charge on any atom is 0.165 e. The summed E-state index contributed by atoms with van der Waals surface area (Å²) in [6.07, 6.45) is 13.2. The molecular weight excluding hydrogens is 477 g/mol. The average molecular weight is 528 g/mol. The molecule has 4 aliphatic carbocycles. The van der Waals surface area contributed by atoms with Gasteiger partial charge in [0.2, 0.25) is 0 Å². The number of nitrogens with one attached hydrogen (secondary N) is 1. The van der Waals surface area contributed by atoms with Crippen molar-refractivity contribution in [2.75, 3.05) is 13.7 Å². The fraction of sp³-hybridized carbons (Fsp3) is 0.788. The van der Waals surface area contributed by atoms with Gasteiger partial charge in [0, 0.05) is 38.0 Å². The summed E-state index contributed by atoms with van der Waals surface area (Å²) in [5.41, 5.74) is 1.50. The fourth-order valence-corrected chi connectivity index (χ4v) is 9.59. The van der Waals surface area contributed by atoms with Gasteiger partial charge in [-0.1, -0.05) is 26.8 Å². The van der Waals surface area contributed by atoms with Gasteiger partial charge in [-0.2, -0.15) is 0 Å². The monoisotopic (exact) mass is 527 g/mol. The van der Waals surface area contributed by atoms with Crippen molar-refractivity contribution in [1.82, 2.24) is 5.32 Å². The molecule has 4 nitrogen and oxygen atoms in total. The van der Waals surface area contributed by atoms with E-state index in [0.717, 1.165) is 68.9 Å². The number of fused-ring (bicyclic) bond motifs is 5. The number of ketones is 1. The number of Topliss-reactive ketones (excluding diaryl/α,β-unsaturated/α-hetero) is 1. The third-order valence-electron chi connectivity index (χ3n) is 11.8. The summed E-state index contributed by atoms with van der Waals surface area (Å²) in [5.74, 6) is 3.25. The standard InChI is InChI=1S/C33H50FNO3/c1-5-24(6-2)35-21-22-7-11-29(34)30(19-22)38-18-17-33-16-14-27-26(28(33)10-12-31(33)37-4)9-8-23-20-25(36)13-15-32(23,27)3/h7,11,19,23-24,26-28,31,35H,5-6,8-10,12-18,20-21H2,1-4H3/t23?,26?,27?,28?,31-,32-,33+/m0/s1. The molecule has 7 atom stereocenters. The zero-order valence-electron chi connectivity index (χ0n) is 24.2. The van der Waals surface area contributed by atoms with Crippen molar-refractivity contribution in [1.29, 1.82) is 0 Å². The molecule has 0 bridgehead atoms. The Bertz CT molecular complexity index is 979. The van der Waals surface area contributed by atoms with Gasteiger partial charge in [0.1, 0.15) is 5.78 Å². The number of ether oxygens (including phenoxy) is 2. The second-order valence-corrected chi connectivity index (χ2v) is 13.2. The number of methoxy groups -OCH3 is 1. The first-order chi connectivity index (χ1) is 18.3. The molecule has 0 radical (unpaired) electrons. The van der Waals surface area contributed by atoms with Crippen molar-refractivity contribution in [3.05, 3.63) is 29.6 Å². The largest absolute Gasteiger partial charge is 0.490 e. The van der Waals surface area contributed by atoms with Gasteiger partial charge in [-0.25, -0.2) is 4.39 Å². The molecular formula is C33H50FNO3. The number of hydrogen-bond acceptors (Lipinski definition) is 4. The molecule has 0 aliphatic heterocycles. The zero-order valence-corrected chi connectivity index (χ0v) is 24.2. The molecule has 38 heavy (non-hydrogen) atoms. The minimum absolute atomic E-state index is 0.120. The summed E-state index contributed by atoms with van der Waals surface area (Å²) in [4.78, 5) is 12.2. The first-order valence-corrected chi connectivity index (χ1v) is 15.5. The van der Waals surface area contributed by atoms with E-state index >= 15 is 0 Å². The van der Waals surface area contributed by atoms with E-state index in [2.05, 4.69) is 26.1 Å². The summed E-state index contributed by atoms with van der Waals surface area (Å²) in [6.45, 7) is 8.16. The van der Waals surface area contributed by atoms with E-state index in [1.54, 1.807) is 6.07 Å². The van der Waals surface area contributed by atoms with Crippen molar-refractivity contribution in [3.8, 4) is 5.75 Å². The van der Waals surface area contributed by atoms with Crippen LogP contribution < -0.4 is 10.1 Å². The zero-order chi connectivity index (χ0) is 26.9. The molecule has 1 aromatic rings. The van der Waals surface area contributed by atoms with Gasteiger partial charge in [-0.3, -0.25) is 4.79 Å². The SMILES string of the molecule is CCC(CC)NCc1ccc(F)c(OCC[C@]23CCC4C(CCC5CC(=O)CC[C@@]54C)C2CC[C@@H]3OC)c1. The maximum atomic E-state index is 14.7. The van der Waals surface area contributed by atoms with Crippen LogP contribution in [0.25, 0.3) is 0 Å². The van der Waals surface area contributed by atoms with E-state index in [0.29, 0.717) is 41.4 Å². The van der Waals surface area contributed by atoms with Crippen molar-refractivity contribution in [2.45, 2.75) is 117 Å². The Hall–Kier alpha value is -1.46. The Labute approximate surface area is 229 Å². The lowest BCUT2D eigenvalue weighted by molar-refractivity contribution is -0.148. The smallest absolute Gasteiger partial charge is 0.165 e. The van der Waals surface area contributed by atoms with E-state index in [1.165, 1.54) is 32.1 Å². The highest BCUT2D eigenvalue weighted by Gasteiger charge is 2.61. The highest BCUT2D eigenvalue weighted by Crippen LogP contribution is 2.67. The molecule has 5 heteroatoms. The van der Waals surface area contributed by atoms with Gasteiger partial charge in [-0.05, 0) is 111 Å². The predicted molar refractivity (Wildman–Crippen MR) is 150 cm³/mol. The summed E-state index contributed by atoms with van der Waals surface area (Å²) in [5, 5.41) is 3.57. The summed E-state index contributed by atoms with van der Waals surface area (Å²) >= 11 is 0. The van der Waals surface area contributed by atoms with Crippen LogP contribution in [-0.2, 0) is 16.1 Å². The van der Waals surface area contributed by atoms with Gasteiger partial charge < -0.3 is 14.8 Å². The Kier molecular flexibility index (Phi) is 8.55. The molecule has 4 saturated carbocycles. The normalized spacial score (nSPS) is 36.6. The van der Waals surface area contributed by atoms with E-state index in [4.69, 9.17) is 9.47 Å². The van der Waals surface area contributed by atoms with Crippen LogP contribution in [0.15, 0.2) is 18.2 Å². The second-order valence-electron chi connectivity index (χ2n) is 13.2. The van der Waals surface area contributed by atoms with Gasteiger partial charge in [0.25, 0.3) is 0 Å². The quantitative estimate of drug-likeness (QED) is 0.343. The fourth-order valence-electron chi connectivity index (χ4n) is 9.59. The lowest BCUT2D eigenvalue weighted by Gasteiger charge is -2.60. The van der Waals surface area contributed by atoms with Gasteiger partial charge in [0.15, 0.2) is 11.6 Å². The molecule has 0 amide bonds. The van der Waals surface area contributed by atoms with Crippen LogP contribution >= 0.6 is 0 Å². The van der Waals surface area contributed by atoms with Crippen LogP contribution in [0.4, 0.5) is 4.39 Å². The van der Waals surface area contributed by atoms with Crippen molar-refractivity contribution < 1.29 is 18.7 Å². The summed E-state index contributed by atoms with van der Waals surface area (Å²) in [7, 11) is 1.88. The lowest BCUT2D eigenvalue weighted by atomic mass is 9.44. The third-order valence-corrected chi connectivity index (χ3v) is 11.8. The first kappa shape index (κ1) is 28.1. The predicted octanol–water partition coefficient (Wildman–Crippen LogP) is 7.48. The molecule has 0 spiro atoms. The number of carbonyl (C=O) groups excluding carboxylic acids is 1. The third kappa shape index (κ3) is 5.07. The van der Waals surface area contributed by atoms with Gasteiger partial charge >= 0.3 is 0 Å². The maximum absolute atomic E-state index is 14.7. The molecule has 0 saturated heterocycles. The van der Waals surface area contributed by atoms with Gasteiger partial charge in [0.05, 0.1) is 12.7 Å². The number of halogens is 1. The second kappa shape index (κ2) is 11.6. The Morgan fingerprint density at radius 2 is 1.89 bits per heavy atom. The summed E-state index contributed by atoms with van der Waals surface area (Å²) < 4.78 is 27.1. The summed E-state index contributed by atoms with van der Waals surface area (Å²) in [6, 6.07) is 5.77. The van der Waals surface area contributed by atoms with E-state index in [1.807, 2.05) is 19.2 Å². The highest BCUT2D eigenvalue weighted by molar-refractivity contribution is 5.79. The Balaban J connectivity index is 1.27. The molecule has 1 aromatic carbocycles. The number of hydrogen-bond donors (Lipinski definition) is 1. The molecule has 1 N–H and O–H groups in total. The number of benzene rings is 1. The van der Waals surface area contributed by atoms with Crippen LogP contribution in [0, 0.1) is 40.3 Å². The minimum atomic E-state index is -0.276. The lowest BCUT2D eigenvalue weighted by Crippen LogP contribution is -2.55. The Morgan fingerprint density at radius 1 is 1.08 bits per heavy atom. The first-order valence-electron chi connectivity index (χ1n) is 15.5. The minimum Gasteiger partial charge on any atom is -0.490 e. The van der Waals surface area contributed by atoms with E-state index < -0.39 is 0 Å². The molecule has 4 fully saturated rings. The molecule has 5 rings (SSSR count). The average Bonchev–Trinajstić information content (AvgIpc) is 3.30. The number of rotatable bonds is 10. The van der Waals surface area contributed by atoms with E-state index in [-0.39, 0.29) is 17.3 Å². The molecule has 212 valence electrons. The van der Waals surface area contributed by atoms with Crippen molar-refractivity contribution in [3.63, 3.8) is 0 Å². The van der Waals surface area contributed by atoms with Gasteiger partial charge in [-0.15, -0.1) is 0 Å². The van der Waals surface area contributed by atoms with Crippen LogP contribution in [-0.4, -0.2) is 31.6 Å². The Morgan fingerprint density at radius 3 is 2.66 bits per heavy atom. The number of carbonyl (C=O) groups is 1.